The highest BCUT2D eigenvalue weighted by Crippen LogP contribution is 2.27. The quantitative estimate of drug-likeness (QED) is 0.859. The van der Waals surface area contributed by atoms with E-state index in [0.717, 1.165) is 15.6 Å². The molecule has 0 saturated heterocycles. The van der Waals surface area contributed by atoms with Crippen LogP contribution in [0.15, 0.2) is 35.3 Å². The van der Waals surface area contributed by atoms with Crippen LogP contribution in [0.25, 0.3) is 0 Å². The van der Waals surface area contributed by atoms with Gasteiger partial charge in [0.05, 0.1) is 6.54 Å². The lowest BCUT2D eigenvalue weighted by molar-refractivity contribution is -0.143. The largest absolute Gasteiger partial charge is 0.480 e. The standard InChI is InChI=1S/C14H14BrNO4/c1-2-5-20-14(19)16-8-9-3-4-11(15)6-10(9)7-12(16)13(17)18/h2-4,6,12H,1,5,7-8H2,(H,17,18). The van der Waals surface area contributed by atoms with E-state index in [-0.39, 0.29) is 19.6 Å². The van der Waals surface area contributed by atoms with E-state index in [2.05, 4.69) is 22.5 Å². The van der Waals surface area contributed by atoms with Gasteiger partial charge in [-0.25, -0.2) is 9.59 Å². The van der Waals surface area contributed by atoms with Crippen LogP contribution in [0.4, 0.5) is 4.79 Å². The molecule has 0 radical (unpaired) electrons. The Hall–Kier alpha value is -1.82. The Labute approximate surface area is 125 Å². The fourth-order valence-corrected chi connectivity index (χ4v) is 2.59. The summed E-state index contributed by atoms with van der Waals surface area (Å²) in [4.78, 5) is 24.5. The summed E-state index contributed by atoms with van der Waals surface area (Å²) in [5.41, 5.74) is 1.86. The molecule has 1 aromatic carbocycles. The number of hydrogen-bond donors (Lipinski definition) is 1. The lowest BCUT2D eigenvalue weighted by atomic mass is 9.94. The minimum Gasteiger partial charge on any atom is -0.480 e. The molecule has 0 aromatic heterocycles. The van der Waals surface area contributed by atoms with Gasteiger partial charge >= 0.3 is 12.1 Å². The van der Waals surface area contributed by atoms with Gasteiger partial charge in [-0.05, 0) is 23.3 Å². The zero-order valence-corrected chi connectivity index (χ0v) is 12.3. The molecule has 106 valence electrons. The first kappa shape index (κ1) is 14.6. The number of benzene rings is 1. The Morgan fingerprint density at radius 1 is 1.50 bits per heavy atom. The van der Waals surface area contributed by atoms with E-state index in [1.807, 2.05) is 18.2 Å². The van der Waals surface area contributed by atoms with Crippen molar-refractivity contribution in [3.8, 4) is 0 Å². The maximum absolute atomic E-state index is 11.9. The van der Waals surface area contributed by atoms with Gasteiger partial charge in [-0.3, -0.25) is 4.90 Å². The molecule has 1 aliphatic rings. The molecule has 1 heterocycles. The van der Waals surface area contributed by atoms with Crippen LogP contribution in [0.2, 0.25) is 0 Å². The molecule has 1 aliphatic heterocycles. The average molecular weight is 340 g/mol. The van der Waals surface area contributed by atoms with Crippen molar-refractivity contribution in [2.75, 3.05) is 6.61 Å². The van der Waals surface area contributed by atoms with Gasteiger partial charge in [0.25, 0.3) is 0 Å². The molecule has 0 saturated carbocycles. The van der Waals surface area contributed by atoms with Gasteiger partial charge in [-0.1, -0.05) is 34.7 Å². The van der Waals surface area contributed by atoms with Crippen molar-refractivity contribution in [3.05, 3.63) is 46.5 Å². The number of nitrogens with zero attached hydrogens (tertiary/aromatic N) is 1. The maximum atomic E-state index is 11.9. The highest BCUT2D eigenvalue weighted by molar-refractivity contribution is 9.10. The predicted octanol–water partition coefficient (Wildman–Crippen LogP) is 2.58. The van der Waals surface area contributed by atoms with Crippen LogP contribution in [0, 0.1) is 0 Å². The van der Waals surface area contributed by atoms with Gasteiger partial charge < -0.3 is 9.84 Å². The number of rotatable bonds is 3. The summed E-state index contributed by atoms with van der Waals surface area (Å²) in [5, 5.41) is 9.30. The number of carbonyl (C=O) groups excluding carboxylic acids is 1. The van der Waals surface area contributed by atoms with Gasteiger partial charge in [0, 0.05) is 10.9 Å². The second-order valence-corrected chi connectivity index (χ2v) is 5.38. The third kappa shape index (κ3) is 3.01. The Morgan fingerprint density at radius 3 is 2.90 bits per heavy atom. The Kier molecular flexibility index (Phi) is 4.44. The number of ether oxygens (including phenoxy) is 1. The number of carbonyl (C=O) groups is 2. The average Bonchev–Trinajstić information content (AvgIpc) is 2.43. The normalized spacial score (nSPS) is 17.2. The molecular formula is C14H14BrNO4. The molecule has 0 aliphatic carbocycles. The Morgan fingerprint density at radius 2 is 2.25 bits per heavy atom. The summed E-state index contributed by atoms with van der Waals surface area (Å²) < 4.78 is 5.84. The third-order valence-corrected chi connectivity index (χ3v) is 3.64. The summed E-state index contributed by atoms with van der Waals surface area (Å²) in [5.74, 6) is -1.04. The van der Waals surface area contributed by atoms with Crippen LogP contribution in [-0.4, -0.2) is 34.7 Å². The molecule has 0 fully saturated rings. The highest BCUT2D eigenvalue weighted by atomic mass is 79.9. The summed E-state index contributed by atoms with van der Waals surface area (Å²) in [6.45, 7) is 3.76. The second-order valence-electron chi connectivity index (χ2n) is 4.46. The third-order valence-electron chi connectivity index (χ3n) is 3.14. The van der Waals surface area contributed by atoms with Crippen molar-refractivity contribution >= 4 is 28.0 Å². The lowest BCUT2D eigenvalue weighted by Gasteiger charge is -2.33. The van der Waals surface area contributed by atoms with Gasteiger partial charge in [-0.15, -0.1) is 0 Å². The zero-order chi connectivity index (χ0) is 14.7. The van der Waals surface area contributed by atoms with E-state index in [9.17, 15) is 14.7 Å². The zero-order valence-electron chi connectivity index (χ0n) is 10.7. The van der Waals surface area contributed by atoms with E-state index in [1.165, 1.54) is 11.0 Å². The molecular weight excluding hydrogens is 326 g/mol. The molecule has 2 rings (SSSR count). The Balaban J connectivity index is 2.27. The number of fused-ring (bicyclic) bond motifs is 1. The molecule has 20 heavy (non-hydrogen) atoms. The van der Waals surface area contributed by atoms with Crippen LogP contribution in [0.1, 0.15) is 11.1 Å². The van der Waals surface area contributed by atoms with E-state index in [1.54, 1.807) is 0 Å². The van der Waals surface area contributed by atoms with E-state index >= 15 is 0 Å². The smallest absolute Gasteiger partial charge is 0.411 e. The van der Waals surface area contributed by atoms with Crippen LogP contribution in [0.3, 0.4) is 0 Å². The van der Waals surface area contributed by atoms with E-state index in [0.29, 0.717) is 0 Å². The predicted molar refractivity (Wildman–Crippen MR) is 76.4 cm³/mol. The number of carboxylic acid groups (broad SMARTS) is 1. The Bertz CT molecular complexity index is 558. The van der Waals surface area contributed by atoms with Crippen molar-refractivity contribution in [2.24, 2.45) is 0 Å². The van der Waals surface area contributed by atoms with Crippen molar-refractivity contribution in [2.45, 2.75) is 19.0 Å². The first-order valence-corrected chi connectivity index (χ1v) is 6.86. The van der Waals surface area contributed by atoms with Crippen molar-refractivity contribution in [1.29, 1.82) is 0 Å². The molecule has 1 amide bonds. The first-order valence-electron chi connectivity index (χ1n) is 6.07. The maximum Gasteiger partial charge on any atom is 0.411 e. The van der Waals surface area contributed by atoms with Gasteiger partial charge in [-0.2, -0.15) is 0 Å². The molecule has 0 spiro atoms. The summed E-state index contributed by atoms with van der Waals surface area (Å²) in [7, 11) is 0. The van der Waals surface area contributed by atoms with Crippen molar-refractivity contribution in [1.82, 2.24) is 4.90 Å². The van der Waals surface area contributed by atoms with E-state index in [4.69, 9.17) is 4.74 Å². The van der Waals surface area contributed by atoms with Crippen molar-refractivity contribution in [3.63, 3.8) is 0 Å². The topological polar surface area (TPSA) is 66.8 Å². The molecule has 1 aromatic rings. The lowest BCUT2D eigenvalue weighted by Crippen LogP contribution is -2.48. The molecule has 0 bridgehead atoms. The fourth-order valence-electron chi connectivity index (χ4n) is 2.18. The van der Waals surface area contributed by atoms with Crippen LogP contribution < -0.4 is 0 Å². The van der Waals surface area contributed by atoms with Gasteiger partial charge in [0.2, 0.25) is 0 Å². The summed E-state index contributed by atoms with van der Waals surface area (Å²) >= 11 is 3.36. The second kappa shape index (κ2) is 6.09. The molecule has 6 heteroatoms. The number of halogens is 1. The monoisotopic (exact) mass is 339 g/mol. The molecule has 1 unspecified atom stereocenters. The molecule has 1 N–H and O–H groups in total. The van der Waals surface area contributed by atoms with Gasteiger partial charge in [0.15, 0.2) is 0 Å². The number of carboxylic acids is 1. The first-order chi connectivity index (χ1) is 9.52. The van der Waals surface area contributed by atoms with Crippen LogP contribution in [0.5, 0.6) is 0 Å². The minimum atomic E-state index is -1.04. The van der Waals surface area contributed by atoms with E-state index < -0.39 is 18.1 Å². The van der Waals surface area contributed by atoms with Crippen molar-refractivity contribution < 1.29 is 19.4 Å². The number of amides is 1. The van der Waals surface area contributed by atoms with Gasteiger partial charge in [0.1, 0.15) is 12.6 Å². The van der Waals surface area contributed by atoms with Crippen LogP contribution >= 0.6 is 15.9 Å². The SMILES string of the molecule is C=CCOC(=O)N1Cc2ccc(Br)cc2CC1C(=O)O. The fraction of sp³-hybridized carbons (Fsp3) is 0.286. The molecule has 5 nitrogen and oxygen atoms in total. The minimum absolute atomic E-state index is 0.0644. The number of aliphatic carboxylic acids is 1. The summed E-state index contributed by atoms with van der Waals surface area (Å²) in [6.07, 6.45) is 1.08. The number of hydrogen-bond acceptors (Lipinski definition) is 3. The summed E-state index contributed by atoms with van der Waals surface area (Å²) in [6, 6.07) is 4.73. The molecule has 1 atom stereocenters. The van der Waals surface area contributed by atoms with Crippen LogP contribution in [-0.2, 0) is 22.5 Å². The highest BCUT2D eigenvalue weighted by Gasteiger charge is 2.35.